The number of carbonyl (C=O) groups is 2. The van der Waals surface area contributed by atoms with Gasteiger partial charge in [0.2, 0.25) is 0 Å². The van der Waals surface area contributed by atoms with Crippen LogP contribution in [0.1, 0.15) is 28.5 Å². The molecule has 7 nitrogen and oxygen atoms in total. The molecule has 2 aromatic carbocycles. The molecule has 0 bridgehead atoms. The molecule has 140 valence electrons. The monoisotopic (exact) mass is 375 g/mol. The van der Waals surface area contributed by atoms with Gasteiger partial charge >= 0.3 is 0 Å². The van der Waals surface area contributed by atoms with E-state index in [9.17, 15) is 19.7 Å². The largest absolute Gasteiger partial charge is 0.331 e. The summed E-state index contributed by atoms with van der Waals surface area (Å²) in [6.45, 7) is 1.39. The fraction of sp³-hybridized carbons (Fsp3) is 0.0952. The lowest BCUT2D eigenvalue weighted by atomic mass is 9.82. The van der Waals surface area contributed by atoms with Crippen molar-refractivity contribution in [1.82, 2.24) is 10.3 Å². The topological polar surface area (TPSA) is 102 Å². The quantitative estimate of drug-likeness (QED) is 0.526. The molecule has 1 N–H and O–H groups in total. The standard InChI is InChI=1S/C21H17N3O4/c1-15(25)21(17-7-3-2-4-8-17,19-9-5-6-14-22-19)23-20(26)16-10-12-18(13-11-16)24(27)28/h2-14H,1H3,(H,23,26)/t21-/m1/s1. The van der Waals surface area contributed by atoms with E-state index < -0.39 is 16.4 Å². The van der Waals surface area contributed by atoms with E-state index in [2.05, 4.69) is 10.3 Å². The molecule has 1 atom stereocenters. The number of nitrogens with one attached hydrogen (secondary N) is 1. The van der Waals surface area contributed by atoms with Gasteiger partial charge in [-0.3, -0.25) is 24.7 Å². The van der Waals surface area contributed by atoms with Crippen molar-refractivity contribution in [3.63, 3.8) is 0 Å². The summed E-state index contributed by atoms with van der Waals surface area (Å²) in [6.07, 6.45) is 1.55. The zero-order valence-corrected chi connectivity index (χ0v) is 15.0. The summed E-state index contributed by atoms with van der Waals surface area (Å²) in [4.78, 5) is 40.4. The number of amides is 1. The highest BCUT2D eigenvalue weighted by Gasteiger charge is 2.42. The Kier molecular flexibility index (Phi) is 5.26. The number of hydrogen-bond acceptors (Lipinski definition) is 5. The first-order valence-electron chi connectivity index (χ1n) is 8.50. The van der Waals surface area contributed by atoms with Crippen molar-refractivity contribution in [2.45, 2.75) is 12.5 Å². The molecule has 0 radical (unpaired) electrons. The van der Waals surface area contributed by atoms with Gasteiger partial charge in [-0.15, -0.1) is 0 Å². The van der Waals surface area contributed by atoms with Crippen LogP contribution < -0.4 is 5.32 Å². The predicted molar refractivity (Wildman–Crippen MR) is 103 cm³/mol. The maximum Gasteiger partial charge on any atom is 0.269 e. The number of non-ortho nitro benzene ring substituents is 1. The highest BCUT2D eigenvalue weighted by molar-refractivity contribution is 6.01. The number of Topliss-reactive ketones (excluding diaryl/α,β-unsaturated/α-hetero) is 1. The van der Waals surface area contributed by atoms with E-state index in [-0.39, 0.29) is 17.0 Å². The first-order chi connectivity index (χ1) is 13.4. The van der Waals surface area contributed by atoms with Crippen LogP contribution in [0.4, 0.5) is 5.69 Å². The molecule has 0 unspecified atom stereocenters. The van der Waals surface area contributed by atoms with E-state index in [0.29, 0.717) is 11.3 Å². The number of aromatic nitrogens is 1. The molecule has 3 aromatic rings. The van der Waals surface area contributed by atoms with Crippen LogP contribution in [-0.4, -0.2) is 21.6 Å². The number of nitrogens with zero attached hydrogens (tertiary/aromatic N) is 2. The summed E-state index contributed by atoms with van der Waals surface area (Å²) >= 11 is 0. The summed E-state index contributed by atoms with van der Waals surface area (Å²) in [5.74, 6) is -0.854. The van der Waals surface area contributed by atoms with Crippen molar-refractivity contribution in [3.8, 4) is 0 Å². The Morgan fingerprint density at radius 1 is 0.964 bits per heavy atom. The molecular formula is C21H17N3O4. The molecule has 28 heavy (non-hydrogen) atoms. The Morgan fingerprint density at radius 3 is 2.14 bits per heavy atom. The maximum atomic E-state index is 12.9. The van der Waals surface area contributed by atoms with Crippen LogP contribution in [0.5, 0.6) is 0 Å². The van der Waals surface area contributed by atoms with Crippen LogP contribution in [-0.2, 0) is 10.3 Å². The zero-order valence-electron chi connectivity index (χ0n) is 15.0. The number of ketones is 1. The van der Waals surface area contributed by atoms with Crippen molar-refractivity contribution in [2.24, 2.45) is 0 Å². The van der Waals surface area contributed by atoms with Crippen molar-refractivity contribution in [3.05, 3.63) is 106 Å². The number of benzene rings is 2. The molecular weight excluding hydrogens is 358 g/mol. The average Bonchev–Trinajstić information content (AvgIpc) is 2.73. The molecule has 0 aliphatic heterocycles. The lowest BCUT2D eigenvalue weighted by Crippen LogP contribution is -2.52. The van der Waals surface area contributed by atoms with E-state index in [1.165, 1.54) is 31.2 Å². The molecule has 0 saturated heterocycles. The van der Waals surface area contributed by atoms with Gasteiger partial charge in [-0.25, -0.2) is 0 Å². The van der Waals surface area contributed by atoms with Crippen LogP contribution in [0.3, 0.4) is 0 Å². The Morgan fingerprint density at radius 2 is 1.61 bits per heavy atom. The molecule has 1 heterocycles. The Balaban J connectivity index is 2.08. The van der Waals surface area contributed by atoms with Crippen LogP contribution in [0.15, 0.2) is 79.0 Å². The summed E-state index contributed by atoms with van der Waals surface area (Å²) in [6, 6.07) is 19.2. The summed E-state index contributed by atoms with van der Waals surface area (Å²) in [5.41, 5.74) is -0.466. The van der Waals surface area contributed by atoms with Gasteiger partial charge in [0.05, 0.1) is 10.6 Å². The van der Waals surface area contributed by atoms with E-state index in [0.717, 1.165) is 0 Å². The molecule has 7 heteroatoms. The van der Waals surface area contributed by atoms with E-state index in [1.807, 2.05) is 6.07 Å². The highest BCUT2D eigenvalue weighted by Crippen LogP contribution is 2.30. The number of nitro groups is 1. The predicted octanol–water partition coefficient (Wildman–Crippen LogP) is 3.25. The molecule has 0 spiro atoms. The Bertz CT molecular complexity index is 963. The summed E-state index contributed by atoms with van der Waals surface area (Å²) < 4.78 is 0. The van der Waals surface area contributed by atoms with Crippen LogP contribution >= 0.6 is 0 Å². The summed E-state index contributed by atoms with van der Waals surface area (Å²) in [7, 11) is 0. The Labute approximate surface area is 161 Å². The molecule has 0 fully saturated rings. The van der Waals surface area contributed by atoms with E-state index in [1.54, 1.807) is 48.7 Å². The molecule has 1 amide bonds. The SMILES string of the molecule is CC(=O)[C@@](NC(=O)c1ccc([N+](=O)[O-])cc1)(c1ccccc1)c1ccccn1. The van der Waals surface area contributed by atoms with Crippen molar-refractivity contribution < 1.29 is 14.5 Å². The zero-order chi connectivity index (χ0) is 20.1. The summed E-state index contributed by atoms with van der Waals surface area (Å²) in [5, 5.41) is 13.6. The second-order valence-corrected chi connectivity index (χ2v) is 6.15. The first-order valence-corrected chi connectivity index (χ1v) is 8.50. The van der Waals surface area contributed by atoms with Gasteiger partial charge in [-0.2, -0.15) is 0 Å². The first kappa shape index (κ1) is 18.9. The average molecular weight is 375 g/mol. The third-order valence-electron chi connectivity index (χ3n) is 4.43. The minimum absolute atomic E-state index is 0.123. The molecule has 3 rings (SSSR count). The smallest absolute Gasteiger partial charge is 0.269 e. The van der Waals surface area contributed by atoms with Crippen LogP contribution in [0.2, 0.25) is 0 Å². The second kappa shape index (κ2) is 7.79. The molecule has 1 aromatic heterocycles. The van der Waals surface area contributed by atoms with Gasteiger partial charge < -0.3 is 5.32 Å². The van der Waals surface area contributed by atoms with Crippen LogP contribution in [0.25, 0.3) is 0 Å². The molecule has 0 aliphatic carbocycles. The number of nitro benzene ring substituents is 1. The number of carbonyl (C=O) groups excluding carboxylic acids is 2. The maximum absolute atomic E-state index is 12.9. The minimum atomic E-state index is -1.48. The molecule has 0 aliphatic rings. The number of rotatable bonds is 6. The number of hydrogen-bond donors (Lipinski definition) is 1. The number of pyridine rings is 1. The van der Waals surface area contributed by atoms with Gasteiger partial charge in [0.15, 0.2) is 11.3 Å². The second-order valence-electron chi connectivity index (χ2n) is 6.15. The van der Waals surface area contributed by atoms with E-state index in [4.69, 9.17) is 0 Å². The van der Waals surface area contributed by atoms with Crippen molar-refractivity contribution in [1.29, 1.82) is 0 Å². The third kappa shape index (κ3) is 3.50. The van der Waals surface area contributed by atoms with Crippen molar-refractivity contribution in [2.75, 3.05) is 0 Å². The van der Waals surface area contributed by atoms with Crippen LogP contribution in [0, 0.1) is 10.1 Å². The molecule has 0 saturated carbocycles. The Hall–Kier alpha value is -3.87. The van der Waals surface area contributed by atoms with Gasteiger partial charge in [-0.1, -0.05) is 36.4 Å². The van der Waals surface area contributed by atoms with Gasteiger partial charge in [-0.05, 0) is 36.8 Å². The lowest BCUT2D eigenvalue weighted by Gasteiger charge is -2.32. The fourth-order valence-corrected chi connectivity index (χ4v) is 3.01. The van der Waals surface area contributed by atoms with Crippen molar-refractivity contribution >= 4 is 17.4 Å². The third-order valence-corrected chi connectivity index (χ3v) is 4.43. The highest BCUT2D eigenvalue weighted by atomic mass is 16.6. The van der Waals surface area contributed by atoms with Gasteiger partial charge in [0, 0.05) is 23.9 Å². The van der Waals surface area contributed by atoms with E-state index >= 15 is 0 Å². The van der Waals surface area contributed by atoms with Gasteiger partial charge in [0.1, 0.15) is 0 Å². The fourth-order valence-electron chi connectivity index (χ4n) is 3.01. The van der Waals surface area contributed by atoms with Gasteiger partial charge in [0.25, 0.3) is 11.6 Å². The lowest BCUT2D eigenvalue weighted by molar-refractivity contribution is -0.384. The normalized spacial score (nSPS) is 12.6. The minimum Gasteiger partial charge on any atom is -0.331 e.